The van der Waals surface area contributed by atoms with Crippen LogP contribution in [0.5, 0.6) is 0 Å². The molecule has 0 saturated carbocycles. The predicted octanol–water partition coefficient (Wildman–Crippen LogP) is 4.54. The Kier molecular flexibility index (Phi) is 6.88. The summed E-state index contributed by atoms with van der Waals surface area (Å²) in [6, 6.07) is 20.9. The SMILES string of the molecule is S=C1N[C@H](c2ccccn2)[C@@H](c2cccn2C[C@@H]2CCCO2)N1CCCNc1ccccc1. The first-order chi connectivity index (χ1) is 16.3. The number of thiocarbonyl (C=S) groups is 1. The highest BCUT2D eigenvalue weighted by Crippen LogP contribution is 2.39. The van der Waals surface area contributed by atoms with Gasteiger partial charge in [-0.1, -0.05) is 24.3 Å². The summed E-state index contributed by atoms with van der Waals surface area (Å²) in [6.45, 7) is 3.50. The molecule has 0 bridgehead atoms. The maximum absolute atomic E-state index is 5.93. The molecule has 2 aliphatic rings. The lowest BCUT2D eigenvalue weighted by molar-refractivity contribution is 0.0953. The number of benzene rings is 1. The lowest BCUT2D eigenvalue weighted by Gasteiger charge is -2.29. The number of hydrogen-bond donors (Lipinski definition) is 2. The summed E-state index contributed by atoms with van der Waals surface area (Å²) in [5, 5.41) is 7.87. The summed E-state index contributed by atoms with van der Waals surface area (Å²) >= 11 is 5.83. The number of pyridine rings is 1. The third kappa shape index (κ3) is 5.04. The molecular weight excluding hydrogens is 430 g/mol. The molecule has 2 saturated heterocycles. The van der Waals surface area contributed by atoms with Gasteiger partial charge in [0.25, 0.3) is 0 Å². The van der Waals surface area contributed by atoms with Crippen LogP contribution in [0.4, 0.5) is 5.69 Å². The Balaban J connectivity index is 1.35. The maximum atomic E-state index is 5.93. The molecule has 1 aromatic carbocycles. The van der Waals surface area contributed by atoms with Gasteiger partial charge in [-0.05, 0) is 67.9 Å². The first-order valence-electron chi connectivity index (χ1n) is 11.8. The molecule has 0 spiro atoms. The van der Waals surface area contributed by atoms with Gasteiger partial charge in [0.05, 0.1) is 23.9 Å². The Morgan fingerprint density at radius 1 is 1.09 bits per heavy atom. The number of para-hydroxylation sites is 1. The van der Waals surface area contributed by atoms with Crippen molar-refractivity contribution in [3.05, 3.63) is 84.4 Å². The molecule has 3 atom stereocenters. The summed E-state index contributed by atoms with van der Waals surface area (Å²) in [5.74, 6) is 0. The molecule has 0 amide bonds. The molecule has 2 aliphatic heterocycles. The van der Waals surface area contributed by atoms with E-state index in [1.165, 1.54) is 5.69 Å². The zero-order valence-electron chi connectivity index (χ0n) is 18.8. The van der Waals surface area contributed by atoms with Crippen LogP contribution in [0.3, 0.4) is 0 Å². The molecular formula is C26H31N5OS. The third-order valence-corrected chi connectivity index (χ3v) is 6.82. The molecule has 7 heteroatoms. The van der Waals surface area contributed by atoms with E-state index in [4.69, 9.17) is 17.0 Å². The monoisotopic (exact) mass is 461 g/mol. The Morgan fingerprint density at radius 2 is 1.97 bits per heavy atom. The number of aromatic nitrogens is 2. The van der Waals surface area contributed by atoms with Crippen molar-refractivity contribution in [2.75, 3.05) is 25.0 Å². The van der Waals surface area contributed by atoms with E-state index in [0.717, 1.165) is 62.0 Å². The molecule has 2 N–H and O–H groups in total. The van der Waals surface area contributed by atoms with Crippen LogP contribution < -0.4 is 10.6 Å². The first kappa shape index (κ1) is 21.9. The van der Waals surface area contributed by atoms with Crippen LogP contribution in [-0.2, 0) is 11.3 Å². The van der Waals surface area contributed by atoms with Crippen LogP contribution in [0.2, 0.25) is 0 Å². The average molecular weight is 462 g/mol. The highest BCUT2D eigenvalue weighted by Gasteiger charge is 2.41. The molecule has 33 heavy (non-hydrogen) atoms. The number of hydrogen-bond acceptors (Lipinski definition) is 4. The second-order valence-corrected chi connectivity index (χ2v) is 9.07. The Hall–Kier alpha value is -2.90. The van der Waals surface area contributed by atoms with E-state index < -0.39 is 0 Å². The van der Waals surface area contributed by atoms with Crippen LogP contribution in [0.15, 0.2) is 73.1 Å². The quantitative estimate of drug-likeness (QED) is 0.361. The van der Waals surface area contributed by atoms with Gasteiger partial charge in [0.15, 0.2) is 5.11 Å². The van der Waals surface area contributed by atoms with Gasteiger partial charge in [0, 0.05) is 50.0 Å². The lowest BCUT2D eigenvalue weighted by atomic mass is 10.0. The fourth-order valence-electron chi connectivity index (χ4n) is 4.88. The van der Waals surface area contributed by atoms with Gasteiger partial charge in [-0.3, -0.25) is 4.98 Å². The molecule has 4 heterocycles. The van der Waals surface area contributed by atoms with Crippen LogP contribution in [-0.4, -0.2) is 45.4 Å². The minimum absolute atomic E-state index is 0.0129. The zero-order valence-corrected chi connectivity index (χ0v) is 19.6. The van der Waals surface area contributed by atoms with E-state index in [-0.39, 0.29) is 18.2 Å². The van der Waals surface area contributed by atoms with E-state index >= 15 is 0 Å². The largest absolute Gasteiger partial charge is 0.385 e. The van der Waals surface area contributed by atoms with Gasteiger partial charge in [0.1, 0.15) is 0 Å². The normalized spacial score (nSPS) is 22.5. The van der Waals surface area contributed by atoms with Crippen molar-refractivity contribution in [1.29, 1.82) is 0 Å². The lowest BCUT2D eigenvalue weighted by Crippen LogP contribution is -2.32. The van der Waals surface area contributed by atoms with Gasteiger partial charge in [0.2, 0.25) is 0 Å². The van der Waals surface area contributed by atoms with Crippen molar-refractivity contribution in [3.63, 3.8) is 0 Å². The predicted molar refractivity (Wildman–Crippen MR) is 135 cm³/mol. The third-order valence-electron chi connectivity index (χ3n) is 6.47. The highest BCUT2D eigenvalue weighted by atomic mass is 32.1. The topological polar surface area (TPSA) is 54.4 Å². The molecule has 5 rings (SSSR count). The van der Waals surface area contributed by atoms with Crippen molar-refractivity contribution in [2.45, 2.75) is 44.0 Å². The minimum Gasteiger partial charge on any atom is -0.385 e. The van der Waals surface area contributed by atoms with Gasteiger partial charge < -0.3 is 24.8 Å². The summed E-state index contributed by atoms with van der Waals surface area (Å²) in [4.78, 5) is 7.00. The van der Waals surface area contributed by atoms with Crippen LogP contribution in [0.25, 0.3) is 0 Å². The van der Waals surface area contributed by atoms with Gasteiger partial charge in [-0.15, -0.1) is 0 Å². The standard InChI is InChI=1S/C26H31N5OS/c33-26-29-24(22-12-4-5-14-28-22)25(23-13-6-16-30(23)19-21-11-7-18-32-21)31(26)17-8-15-27-20-9-2-1-3-10-20/h1-6,9-10,12-14,16,21,24-25,27H,7-8,11,15,17-19H2,(H,29,33)/t21-,24+,25+/m0/s1. The molecule has 6 nitrogen and oxygen atoms in total. The van der Waals surface area contributed by atoms with E-state index in [2.05, 4.69) is 73.7 Å². The number of ether oxygens (including phenoxy) is 1. The summed E-state index contributed by atoms with van der Waals surface area (Å²) in [7, 11) is 0. The summed E-state index contributed by atoms with van der Waals surface area (Å²) in [5.41, 5.74) is 3.41. The molecule has 2 fully saturated rings. The minimum atomic E-state index is 0.0129. The Bertz CT molecular complexity index is 1040. The maximum Gasteiger partial charge on any atom is 0.170 e. The average Bonchev–Trinajstić information content (AvgIpc) is 3.59. The Morgan fingerprint density at radius 3 is 2.76 bits per heavy atom. The molecule has 0 unspecified atom stereocenters. The summed E-state index contributed by atoms with van der Waals surface area (Å²) < 4.78 is 8.28. The van der Waals surface area contributed by atoms with E-state index in [1.54, 1.807) is 0 Å². The van der Waals surface area contributed by atoms with Crippen molar-refractivity contribution >= 4 is 23.0 Å². The molecule has 0 radical (unpaired) electrons. The van der Waals surface area contributed by atoms with E-state index in [0.29, 0.717) is 0 Å². The fourth-order valence-corrected chi connectivity index (χ4v) is 5.21. The number of rotatable bonds is 9. The highest BCUT2D eigenvalue weighted by molar-refractivity contribution is 7.80. The van der Waals surface area contributed by atoms with Crippen molar-refractivity contribution in [3.8, 4) is 0 Å². The molecule has 172 valence electrons. The van der Waals surface area contributed by atoms with Crippen molar-refractivity contribution < 1.29 is 4.74 Å². The molecule has 3 aromatic rings. The zero-order chi connectivity index (χ0) is 22.5. The van der Waals surface area contributed by atoms with Crippen molar-refractivity contribution in [2.24, 2.45) is 0 Å². The van der Waals surface area contributed by atoms with Gasteiger partial charge >= 0.3 is 0 Å². The second kappa shape index (κ2) is 10.4. The van der Waals surface area contributed by atoms with Crippen LogP contribution in [0.1, 0.15) is 42.7 Å². The van der Waals surface area contributed by atoms with E-state index in [9.17, 15) is 0 Å². The van der Waals surface area contributed by atoms with Crippen LogP contribution in [0, 0.1) is 0 Å². The van der Waals surface area contributed by atoms with Gasteiger partial charge in [-0.2, -0.15) is 0 Å². The number of nitrogens with one attached hydrogen (secondary N) is 2. The molecule has 2 aromatic heterocycles. The summed E-state index contributed by atoms with van der Waals surface area (Å²) in [6.07, 6.45) is 7.56. The van der Waals surface area contributed by atoms with E-state index in [1.807, 2.05) is 24.4 Å². The smallest absolute Gasteiger partial charge is 0.170 e. The number of anilines is 1. The Labute approximate surface area is 201 Å². The molecule has 0 aliphatic carbocycles. The second-order valence-electron chi connectivity index (χ2n) is 8.69. The van der Waals surface area contributed by atoms with Crippen LogP contribution >= 0.6 is 12.2 Å². The fraction of sp³-hybridized carbons (Fsp3) is 0.385. The van der Waals surface area contributed by atoms with Crippen molar-refractivity contribution in [1.82, 2.24) is 19.8 Å². The first-order valence-corrected chi connectivity index (χ1v) is 12.2. The van der Waals surface area contributed by atoms with Gasteiger partial charge in [-0.25, -0.2) is 0 Å². The number of nitrogens with zero attached hydrogens (tertiary/aromatic N) is 3.